The molecule has 0 aliphatic heterocycles. The molecule has 0 amide bonds. The lowest BCUT2D eigenvalue weighted by Crippen LogP contribution is -2.47. The summed E-state index contributed by atoms with van der Waals surface area (Å²) in [6, 6.07) is 4.31. The van der Waals surface area contributed by atoms with E-state index in [1.54, 1.807) is 0 Å². The number of aromatic nitrogens is 5. The molecule has 0 saturated heterocycles. The zero-order valence-electron chi connectivity index (χ0n) is 18.8. The molecule has 166 valence electrons. The Morgan fingerprint density at radius 1 is 1.12 bits per heavy atom. The predicted octanol–water partition coefficient (Wildman–Crippen LogP) is 5.93. The number of H-pyrrole nitrogens is 1. The van der Waals surface area contributed by atoms with E-state index in [-0.39, 0.29) is 11.9 Å². The number of aromatic amines is 1. The van der Waals surface area contributed by atoms with E-state index >= 15 is 0 Å². The van der Waals surface area contributed by atoms with E-state index in [2.05, 4.69) is 52.9 Å². The fraction of sp³-hybridized carbons (Fsp3) is 0.480. The first-order chi connectivity index (χ1) is 15.5. The van der Waals surface area contributed by atoms with E-state index in [9.17, 15) is 4.39 Å². The maximum Gasteiger partial charge on any atom is 0.166 e. The summed E-state index contributed by atoms with van der Waals surface area (Å²) in [5.41, 5.74) is 2.31. The second-order valence-corrected chi connectivity index (χ2v) is 9.91. The van der Waals surface area contributed by atoms with E-state index in [1.807, 2.05) is 6.20 Å². The Hall–Kier alpha value is -2.96. The van der Waals surface area contributed by atoms with Crippen molar-refractivity contribution < 1.29 is 4.39 Å². The van der Waals surface area contributed by atoms with Gasteiger partial charge in [-0.1, -0.05) is 6.92 Å². The number of rotatable bonds is 4. The molecule has 3 saturated carbocycles. The van der Waals surface area contributed by atoms with Crippen LogP contribution in [-0.2, 0) is 0 Å². The third-order valence-corrected chi connectivity index (χ3v) is 7.80. The summed E-state index contributed by atoms with van der Waals surface area (Å²) in [6.07, 6.45) is 10.4. The Labute approximate surface area is 186 Å². The predicted molar refractivity (Wildman–Crippen MR) is 125 cm³/mol. The number of nitrogens with one attached hydrogen (secondary N) is 2. The molecule has 0 unspecified atom stereocenters. The maximum atomic E-state index is 14.0. The Balaban J connectivity index is 1.51. The number of halogens is 1. The highest BCUT2D eigenvalue weighted by molar-refractivity contribution is 5.95. The molecule has 2 bridgehead atoms. The second kappa shape index (κ2) is 7.29. The summed E-state index contributed by atoms with van der Waals surface area (Å²) in [6.45, 7) is 6.70. The van der Waals surface area contributed by atoms with E-state index in [0.29, 0.717) is 34.7 Å². The van der Waals surface area contributed by atoms with Crippen LogP contribution in [0.1, 0.15) is 52.5 Å². The van der Waals surface area contributed by atoms with E-state index < -0.39 is 0 Å². The number of nitrogens with zero attached hydrogens (tertiary/aromatic N) is 4. The van der Waals surface area contributed by atoms with Crippen molar-refractivity contribution >= 4 is 27.9 Å². The van der Waals surface area contributed by atoms with Crippen molar-refractivity contribution in [2.75, 3.05) is 5.32 Å². The van der Waals surface area contributed by atoms with Crippen molar-refractivity contribution in [2.45, 2.75) is 58.5 Å². The molecule has 7 heteroatoms. The van der Waals surface area contributed by atoms with Crippen molar-refractivity contribution in [3.63, 3.8) is 0 Å². The fourth-order valence-corrected chi connectivity index (χ4v) is 6.00. The molecule has 0 aromatic carbocycles. The molecule has 32 heavy (non-hydrogen) atoms. The molecule has 2 atom stereocenters. The first-order valence-corrected chi connectivity index (χ1v) is 11.8. The number of hydrogen-bond acceptors (Lipinski definition) is 4. The quantitative estimate of drug-likeness (QED) is 0.419. The van der Waals surface area contributed by atoms with Crippen LogP contribution in [0.3, 0.4) is 0 Å². The average Bonchev–Trinajstić information content (AvgIpc) is 3.40. The zero-order valence-corrected chi connectivity index (χ0v) is 18.8. The van der Waals surface area contributed by atoms with E-state index in [4.69, 9.17) is 9.97 Å². The number of fused-ring (bicyclic) bond motifs is 5. The molecule has 0 radical (unpaired) electrons. The molecule has 3 aliphatic rings. The number of hydrogen-bond donors (Lipinski definition) is 2. The minimum absolute atomic E-state index is 0.273. The average molecular weight is 433 g/mol. The van der Waals surface area contributed by atoms with Gasteiger partial charge in [0, 0.05) is 35.4 Å². The van der Waals surface area contributed by atoms with Crippen molar-refractivity contribution in [3.8, 4) is 11.4 Å². The molecule has 7 rings (SSSR count). The van der Waals surface area contributed by atoms with Gasteiger partial charge in [-0.3, -0.25) is 0 Å². The summed E-state index contributed by atoms with van der Waals surface area (Å²) >= 11 is 0. The monoisotopic (exact) mass is 432 g/mol. The SMILES string of the molecule is CC(C)n1ccc2c(N[C@H]3C4CCC(CC4)[C@@H]3C)nc(-c3c[nH]c4ncc(F)cc34)nc21. The van der Waals surface area contributed by atoms with E-state index in [0.717, 1.165) is 28.3 Å². The molecule has 2 N–H and O–H groups in total. The normalized spacial score (nSPS) is 25.3. The third-order valence-electron chi connectivity index (χ3n) is 7.80. The Bertz CT molecular complexity index is 1290. The van der Waals surface area contributed by atoms with Crippen LogP contribution in [0.15, 0.2) is 30.7 Å². The van der Waals surface area contributed by atoms with Crippen LogP contribution < -0.4 is 5.32 Å². The molecule has 6 nitrogen and oxygen atoms in total. The van der Waals surface area contributed by atoms with Gasteiger partial charge in [0.25, 0.3) is 0 Å². The molecule has 3 aliphatic carbocycles. The van der Waals surface area contributed by atoms with Gasteiger partial charge in [0.2, 0.25) is 0 Å². The van der Waals surface area contributed by atoms with E-state index in [1.165, 1.54) is 37.9 Å². The van der Waals surface area contributed by atoms with Gasteiger partial charge in [0.05, 0.1) is 11.6 Å². The Morgan fingerprint density at radius 3 is 2.66 bits per heavy atom. The van der Waals surface area contributed by atoms with Crippen LogP contribution in [-0.4, -0.2) is 30.5 Å². The highest BCUT2D eigenvalue weighted by Crippen LogP contribution is 2.46. The maximum absolute atomic E-state index is 14.0. The van der Waals surface area contributed by atoms with Crippen LogP contribution >= 0.6 is 0 Å². The van der Waals surface area contributed by atoms with Gasteiger partial charge in [-0.25, -0.2) is 19.3 Å². The highest BCUT2D eigenvalue weighted by atomic mass is 19.1. The lowest BCUT2D eigenvalue weighted by Gasteiger charge is -2.47. The molecule has 3 fully saturated rings. The topological polar surface area (TPSA) is 71.4 Å². The van der Waals surface area contributed by atoms with Crippen molar-refractivity contribution in [2.24, 2.45) is 17.8 Å². The lowest BCUT2D eigenvalue weighted by atomic mass is 9.62. The first-order valence-electron chi connectivity index (χ1n) is 11.8. The van der Waals surface area contributed by atoms with Gasteiger partial charge < -0.3 is 14.9 Å². The van der Waals surface area contributed by atoms with Crippen molar-refractivity contribution in [1.29, 1.82) is 0 Å². The summed E-state index contributed by atoms with van der Waals surface area (Å²) < 4.78 is 16.1. The van der Waals surface area contributed by atoms with Gasteiger partial charge in [-0.2, -0.15) is 0 Å². The van der Waals surface area contributed by atoms with Crippen LogP contribution in [0.2, 0.25) is 0 Å². The highest BCUT2D eigenvalue weighted by Gasteiger charge is 2.41. The third kappa shape index (κ3) is 3.01. The van der Waals surface area contributed by atoms with Crippen LogP contribution in [0, 0.1) is 23.6 Å². The zero-order chi connectivity index (χ0) is 22.0. The smallest absolute Gasteiger partial charge is 0.166 e. The largest absolute Gasteiger partial charge is 0.366 e. The Morgan fingerprint density at radius 2 is 1.91 bits per heavy atom. The van der Waals surface area contributed by atoms with Crippen molar-refractivity contribution in [3.05, 3.63) is 36.5 Å². The molecular formula is C25H29FN6. The minimum Gasteiger partial charge on any atom is -0.366 e. The molecular weight excluding hydrogens is 403 g/mol. The molecule has 4 aromatic rings. The van der Waals surface area contributed by atoms with Gasteiger partial charge >= 0.3 is 0 Å². The summed E-state index contributed by atoms with van der Waals surface area (Å²) in [5, 5.41) is 5.59. The number of anilines is 1. The first kappa shape index (κ1) is 19.7. The Kier molecular flexibility index (Phi) is 4.49. The van der Waals surface area contributed by atoms with Gasteiger partial charge in [-0.05, 0) is 69.4 Å². The number of pyridine rings is 1. The molecule has 0 spiro atoms. The molecule has 4 heterocycles. The molecule has 4 aromatic heterocycles. The van der Waals surface area contributed by atoms with Crippen molar-refractivity contribution in [1.82, 2.24) is 24.5 Å². The fourth-order valence-electron chi connectivity index (χ4n) is 6.00. The van der Waals surface area contributed by atoms with Crippen LogP contribution in [0.4, 0.5) is 10.2 Å². The lowest BCUT2D eigenvalue weighted by molar-refractivity contribution is 0.0929. The van der Waals surface area contributed by atoms with Gasteiger partial charge in [-0.15, -0.1) is 0 Å². The standard InChI is InChI=1S/C25H29FN6/c1-13(2)32-9-8-18-23(29-21-14(3)15-4-6-16(21)7-5-15)30-24(31-25(18)32)20-12-28-22-19(20)10-17(26)11-27-22/h8-16,21H,4-7H2,1-3H3,(H,27,28)(H,29,30,31)/t14-,15?,16?,21+/m0/s1. The summed E-state index contributed by atoms with van der Waals surface area (Å²) in [5.74, 6) is 3.24. The second-order valence-electron chi connectivity index (χ2n) is 9.91. The summed E-state index contributed by atoms with van der Waals surface area (Å²) in [4.78, 5) is 17.3. The van der Waals surface area contributed by atoms with Gasteiger partial charge in [0.1, 0.15) is 22.9 Å². The van der Waals surface area contributed by atoms with Crippen LogP contribution in [0.5, 0.6) is 0 Å². The van der Waals surface area contributed by atoms with Gasteiger partial charge in [0.15, 0.2) is 5.82 Å². The summed E-state index contributed by atoms with van der Waals surface area (Å²) in [7, 11) is 0. The van der Waals surface area contributed by atoms with Crippen LogP contribution in [0.25, 0.3) is 33.5 Å². The minimum atomic E-state index is -0.365.